The number of nitrogens with one attached hydrogen (secondary N) is 1. The van der Waals surface area contributed by atoms with Crippen molar-refractivity contribution in [1.29, 1.82) is 0 Å². The van der Waals surface area contributed by atoms with E-state index in [1.165, 1.54) is 39.5 Å². The van der Waals surface area contributed by atoms with Gasteiger partial charge in [-0.15, -0.1) is 0 Å². The topological polar surface area (TPSA) is 61.9 Å². The van der Waals surface area contributed by atoms with Crippen LogP contribution in [0.25, 0.3) is 0 Å². The van der Waals surface area contributed by atoms with Crippen LogP contribution in [0.2, 0.25) is 10.0 Å². The second-order valence-electron chi connectivity index (χ2n) is 8.16. The van der Waals surface area contributed by atoms with Crippen molar-refractivity contribution in [2.45, 2.75) is 57.0 Å². The molecule has 2 aliphatic rings. The molecule has 8 heteroatoms. The maximum Gasteiger partial charge on any atom is 0.409 e. The molecule has 0 radical (unpaired) electrons. The van der Waals surface area contributed by atoms with Gasteiger partial charge in [0.05, 0.1) is 23.6 Å². The summed E-state index contributed by atoms with van der Waals surface area (Å²) in [6, 6.07) is 5.87. The van der Waals surface area contributed by atoms with Gasteiger partial charge in [0.2, 0.25) is 5.91 Å². The molecule has 166 valence electrons. The highest BCUT2D eigenvalue weighted by molar-refractivity contribution is 6.42. The van der Waals surface area contributed by atoms with E-state index in [-0.39, 0.29) is 24.5 Å². The first kappa shape index (κ1) is 23.2. The third-order valence-corrected chi connectivity index (χ3v) is 6.89. The second-order valence-corrected chi connectivity index (χ2v) is 8.97. The summed E-state index contributed by atoms with van der Waals surface area (Å²) >= 11 is 11.9. The van der Waals surface area contributed by atoms with Crippen LogP contribution < -0.4 is 5.32 Å². The minimum absolute atomic E-state index is 0.114. The van der Waals surface area contributed by atoms with Crippen LogP contribution in [0.5, 0.6) is 0 Å². The van der Waals surface area contributed by atoms with Crippen molar-refractivity contribution in [2.24, 2.45) is 0 Å². The number of methoxy groups -OCH3 is 1. The fourth-order valence-corrected chi connectivity index (χ4v) is 4.93. The number of hydrogen-bond donors (Lipinski definition) is 1. The number of nitrogens with zero attached hydrogens (tertiary/aromatic N) is 2. The van der Waals surface area contributed by atoms with Crippen LogP contribution in [0.3, 0.4) is 0 Å². The van der Waals surface area contributed by atoms with E-state index in [0.29, 0.717) is 29.2 Å². The highest BCUT2D eigenvalue weighted by atomic mass is 35.5. The molecule has 2 fully saturated rings. The lowest BCUT2D eigenvalue weighted by Gasteiger charge is -2.40. The third kappa shape index (κ3) is 6.25. The van der Waals surface area contributed by atoms with E-state index in [1.54, 1.807) is 23.1 Å². The van der Waals surface area contributed by atoms with E-state index in [0.717, 1.165) is 24.8 Å². The number of benzene rings is 1. The first-order valence-corrected chi connectivity index (χ1v) is 11.5. The number of carbonyl (C=O) groups is 2. The summed E-state index contributed by atoms with van der Waals surface area (Å²) in [5, 5.41) is 3.81. The predicted octanol–water partition coefficient (Wildman–Crippen LogP) is 4.13. The Balaban J connectivity index is 1.51. The first-order chi connectivity index (χ1) is 14.5. The lowest BCUT2D eigenvalue weighted by Crippen LogP contribution is -2.49. The van der Waals surface area contributed by atoms with E-state index >= 15 is 0 Å². The maximum absolute atomic E-state index is 12.4. The zero-order valence-electron chi connectivity index (χ0n) is 17.5. The molecular formula is C22H31Cl2N3O3. The fraction of sp³-hybridized carbons (Fsp3) is 0.636. The van der Waals surface area contributed by atoms with E-state index in [1.807, 2.05) is 0 Å². The first-order valence-electron chi connectivity index (χ1n) is 10.8. The summed E-state index contributed by atoms with van der Waals surface area (Å²) in [6.45, 7) is 3.16. The molecule has 0 aromatic heterocycles. The quantitative estimate of drug-likeness (QED) is 0.671. The average molecular weight is 456 g/mol. The Morgan fingerprint density at radius 2 is 1.93 bits per heavy atom. The maximum atomic E-state index is 12.4. The van der Waals surface area contributed by atoms with Crippen molar-refractivity contribution in [3.8, 4) is 0 Å². The van der Waals surface area contributed by atoms with Gasteiger partial charge in [-0.3, -0.25) is 4.79 Å². The Kier molecular flexibility index (Phi) is 8.66. The zero-order chi connectivity index (χ0) is 21.5. The van der Waals surface area contributed by atoms with Gasteiger partial charge in [0, 0.05) is 25.2 Å². The van der Waals surface area contributed by atoms with Crippen molar-refractivity contribution in [3.63, 3.8) is 0 Å². The highest BCUT2D eigenvalue weighted by Crippen LogP contribution is 2.29. The summed E-state index contributed by atoms with van der Waals surface area (Å²) in [5.41, 5.74) is 0.799. The normalized spacial score (nSPS) is 22.0. The molecule has 1 aliphatic heterocycles. The summed E-state index contributed by atoms with van der Waals surface area (Å²) in [5.74, 6) is -0.114. The van der Waals surface area contributed by atoms with Crippen LogP contribution in [-0.4, -0.2) is 67.2 Å². The van der Waals surface area contributed by atoms with Gasteiger partial charge in [-0.05, 0) is 69.3 Å². The summed E-state index contributed by atoms with van der Waals surface area (Å²) in [4.78, 5) is 29.1. The number of rotatable bonds is 7. The van der Waals surface area contributed by atoms with Gasteiger partial charge in [0.15, 0.2) is 0 Å². The Labute approximate surface area is 188 Å². The molecule has 0 spiro atoms. The number of ether oxygens (including phenoxy) is 1. The van der Waals surface area contributed by atoms with Crippen LogP contribution in [0, 0.1) is 0 Å². The lowest BCUT2D eigenvalue weighted by atomic mass is 9.89. The minimum Gasteiger partial charge on any atom is -0.453 e. The van der Waals surface area contributed by atoms with Crippen LogP contribution in [0.15, 0.2) is 18.2 Å². The zero-order valence-corrected chi connectivity index (χ0v) is 19.1. The number of likely N-dealkylation sites (tertiary alicyclic amines) is 1. The van der Waals surface area contributed by atoms with Crippen molar-refractivity contribution in [2.75, 3.05) is 33.3 Å². The number of amides is 2. The van der Waals surface area contributed by atoms with Crippen molar-refractivity contribution in [3.05, 3.63) is 33.8 Å². The molecule has 0 unspecified atom stereocenters. The molecule has 30 heavy (non-hydrogen) atoms. The standard InChI is InChI=1S/C22H31Cl2N3O3/c1-30-22(29)27(18-6-4-5-17(15-18)26-10-2-3-11-26)12-9-25-21(28)14-16-7-8-19(23)20(24)13-16/h7-8,13,17-18H,2-6,9-12,14-15H2,1H3,(H,25,28)/t17-,18+/m1/s1. The van der Waals surface area contributed by atoms with Crippen LogP contribution in [0.1, 0.15) is 44.1 Å². The van der Waals surface area contributed by atoms with Crippen LogP contribution in [0.4, 0.5) is 4.79 Å². The monoisotopic (exact) mass is 455 g/mol. The molecule has 1 N–H and O–H groups in total. The summed E-state index contributed by atoms with van der Waals surface area (Å²) < 4.78 is 5.04. The van der Waals surface area contributed by atoms with E-state index in [9.17, 15) is 9.59 Å². The van der Waals surface area contributed by atoms with Crippen molar-refractivity contribution >= 4 is 35.2 Å². The van der Waals surface area contributed by atoms with Gasteiger partial charge in [0.25, 0.3) is 0 Å². The van der Waals surface area contributed by atoms with E-state index < -0.39 is 0 Å². The largest absolute Gasteiger partial charge is 0.453 e. The molecule has 0 bridgehead atoms. The molecular weight excluding hydrogens is 425 g/mol. The van der Waals surface area contributed by atoms with Gasteiger partial charge in [-0.2, -0.15) is 0 Å². The van der Waals surface area contributed by atoms with Crippen molar-refractivity contribution < 1.29 is 14.3 Å². The molecule has 6 nitrogen and oxygen atoms in total. The van der Waals surface area contributed by atoms with Gasteiger partial charge >= 0.3 is 6.09 Å². The Morgan fingerprint density at radius 3 is 2.63 bits per heavy atom. The highest BCUT2D eigenvalue weighted by Gasteiger charge is 2.33. The third-order valence-electron chi connectivity index (χ3n) is 6.15. The summed E-state index contributed by atoms with van der Waals surface area (Å²) in [7, 11) is 1.42. The Hall–Kier alpha value is -1.50. The molecule has 2 amide bonds. The van der Waals surface area contributed by atoms with E-state index in [2.05, 4.69) is 10.2 Å². The second kappa shape index (κ2) is 11.2. The predicted molar refractivity (Wildman–Crippen MR) is 119 cm³/mol. The molecule has 1 heterocycles. The number of hydrogen-bond acceptors (Lipinski definition) is 4. The average Bonchev–Trinajstić information content (AvgIpc) is 3.28. The Morgan fingerprint density at radius 1 is 1.17 bits per heavy atom. The number of halogens is 2. The van der Waals surface area contributed by atoms with Gasteiger partial charge in [-0.25, -0.2) is 4.79 Å². The lowest BCUT2D eigenvalue weighted by molar-refractivity contribution is -0.120. The van der Waals surface area contributed by atoms with Crippen LogP contribution >= 0.6 is 23.2 Å². The molecule has 1 aliphatic carbocycles. The molecule has 1 aromatic rings. The fourth-order valence-electron chi connectivity index (χ4n) is 4.61. The molecule has 1 aromatic carbocycles. The summed E-state index contributed by atoms with van der Waals surface area (Å²) in [6.07, 6.45) is 6.72. The van der Waals surface area contributed by atoms with Crippen LogP contribution in [-0.2, 0) is 16.0 Å². The van der Waals surface area contributed by atoms with E-state index in [4.69, 9.17) is 27.9 Å². The molecule has 1 saturated carbocycles. The van der Waals surface area contributed by atoms with Gasteiger partial charge in [0.1, 0.15) is 0 Å². The smallest absolute Gasteiger partial charge is 0.409 e. The van der Waals surface area contributed by atoms with Gasteiger partial charge < -0.3 is 19.9 Å². The molecule has 1 saturated heterocycles. The van der Waals surface area contributed by atoms with Crippen molar-refractivity contribution in [1.82, 2.24) is 15.1 Å². The van der Waals surface area contributed by atoms with Gasteiger partial charge in [-0.1, -0.05) is 29.3 Å². The Bertz CT molecular complexity index is 740. The minimum atomic E-state index is -0.319. The molecule has 2 atom stereocenters. The number of carbonyl (C=O) groups excluding carboxylic acids is 2. The molecule has 3 rings (SSSR count). The SMILES string of the molecule is COC(=O)N(CCNC(=O)Cc1ccc(Cl)c(Cl)c1)[C@H]1CCC[C@@H](N2CCCC2)C1.